The van der Waals surface area contributed by atoms with Crippen LogP contribution in [0.3, 0.4) is 0 Å². The number of aromatic amines is 1. The van der Waals surface area contributed by atoms with Crippen molar-refractivity contribution >= 4 is 23.4 Å². The largest absolute Gasteiger partial charge is 0.497 e. The summed E-state index contributed by atoms with van der Waals surface area (Å²) in [6.45, 7) is 0. The second-order valence-electron chi connectivity index (χ2n) is 5.16. The van der Waals surface area contributed by atoms with Crippen LogP contribution < -0.4 is 15.6 Å². The van der Waals surface area contributed by atoms with Crippen molar-refractivity contribution in [3.8, 4) is 17.0 Å². The maximum absolute atomic E-state index is 12.1. The van der Waals surface area contributed by atoms with Crippen LogP contribution in [0.15, 0.2) is 48.7 Å². The molecule has 0 fully saturated rings. The smallest absolute Gasteiger partial charge is 0.288 e. The molecule has 3 rings (SSSR count). The lowest BCUT2D eigenvalue weighted by Crippen LogP contribution is -2.42. The Kier molecular flexibility index (Phi) is 5.14. The number of amides is 2. The van der Waals surface area contributed by atoms with E-state index in [1.807, 2.05) is 12.1 Å². The number of carbonyl (C=O) groups is 2. The molecule has 0 aliphatic rings. The molecule has 132 valence electrons. The van der Waals surface area contributed by atoms with Crippen molar-refractivity contribution in [2.45, 2.75) is 0 Å². The van der Waals surface area contributed by atoms with Gasteiger partial charge in [0.05, 0.1) is 12.8 Å². The van der Waals surface area contributed by atoms with Gasteiger partial charge in [0.1, 0.15) is 17.1 Å². The number of nitrogens with zero attached hydrogens (tertiary/aromatic N) is 2. The van der Waals surface area contributed by atoms with Crippen LogP contribution in [0.1, 0.15) is 21.0 Å². The first-order valence-corrected chi connectivity index (χ1v) is 7.86. The number of rotatable bonds is 4. The van der Waals surface area contributed by atoms with E-state index in [4.69, 9.17) is 16.3 Å². The van der Waals surface area contributed by atoms with E-state index in [0.29, 0.717) is 10.7 Å². The summed E-state index contributed by atoms with van der Waals surface area (Å²) >= 11 is 5.80. The number of H-pyrrole nitrogens is 1. The van der Waals surface area contributed by atoms with Crippen LogP contribution in [0.25, 0.3) is 11.3 Å². The number of carbonyl (C=O) groups excluding carboxylic acids is 2. The Morgan fingerprint density at radius 2 is 1.81 bits per heavy atom. The Labute approximate surface area is 153 Å². The van der Waals surface area contributed by atoms with E-state index in [0.717, 1.165) is 11.3 Å². The number of halogens is 1. The summed E-state index contributed by atoms with van der Waals surface area (Å²) in [7, 11) is 1.58. The van der Waals surface area contributed by atoms with Gasteiger partial charge >= 0.3 is 0 Å². The lowest BCUT2D eigenvalue weighted by molar-refractivity contribution is 0.0841. The van der Waals surface area contributed by atoms with Gasteiger partial charge in [-0.05, 0) is 42.5 Å². The number of aromatic nitrogens is 3. The highest BCUT2D eigenvalue weighted by molar-refractivity contribution is 6.30. The molecule has 3 aromatic rings. The van der Waals surface area contributed by atoms with Gasteiger partial charge in [0.15, 0.2) is 0 Å². The van der Waals surface area contributed by atoms with Crippen molar-refractivity contribution < 1.29 is 14.3 Å². The van der Waals surface area contributed by atoms with Gasteiger partial charge in [-0.15, -0.1) is 0 Å². The average molecular weight is 372 g/mol. The average Bonchev–Trinajstić information content (AvgIpc) is 3.16. The van der Waals surface area contributed by atoms with Crippen molar-refractivity contribution in [1.29, 1.82) is 0 Å². The zero-order chi connectivity index (χ0) is 18.5. The van der Waals surface area contributed by atoms with Gasteiger partial charge in [-0.25, -0.2) is 0 Å². The fourth-order valence-corrected chi connectivity index (χ4v) is 2.28. The number of hydrogen-bond acceptors (Lipinski definition) is 5. The third-order valence-corrected chi connectivity index (χ3v) is 3.69. The molecule has 0 aliphatic carbocycles. The predicted molar refractivity (Wildman–Crippen MR) is 94.8 cm³/mol. The number of pyridine rings is 1. The van der Waals surface area contributed by atoms with Crippen LogP contribution in [0.4, 0.5) is 0 Å². The molecule has 0 spiro atoms. The summed E-state index contributed by atoms with van der Waals surface area (Å²) in [5, 5.41) is 7.08. The molecule has 3 N–H and O–H groups in total. The van der Waals surface area contributed by atoms with Crippen molar-refractivity contribution in [2.75, 3.05) is 7.11 Å². The molecule has 8 nitrogen and oxygen atoms in total. The zero-order valence-corrected chi connectivity index (χ0v) is 14.4. The van der Waals surface area contributed by atoms with Crippen LogP contribution in [0.2, 0.25) is 5.02 Å². The molecule has 2 amide bonds. The molecule has 2 aromatic heterocycles. The van der Waals surface area contributed by atoms with E-state index in [1.54, 1.807) is 31.4 Å². The fraction of sp³-hybridized carbons (Fsp3) is 0.0588. The van der Waals surface area contributed by atoms with Crippen LogP contribution >= 0.6 is 11.6 Å². The quantitative estimate of drug-likeness (QED) is 0.609. The number of hydrazine groups is 1. The standard InChI is InChI=1S/C17H14ClN5O3/c1-26-12-4-2-10(3-5-12)13-9-15(21-20-13)17(25)23-22-16(24)14-8-11(18)6-7-19-14/h2-9H,1H3,(H,20,21)(H,22,24)(H,23,25). The highest BCUT2D eigenvalue weighted by atomic mass is 35.5. The van der Waals surface area contributed by atoms with E-state index >= 15 is 0 Å². The maximum atomic E-state index is 12.1. The lowest BCUT2D eigenvalue weighted by Gasteiger charge is -2.05. The first-order chi connectivity index (χ1) is 12.6. The Morgan fingerprint density at radius 3 is 2.50 bits per heavy atom. The lowest BCUT2D eigenvalue weighted by atomic mass is 10.1. The van der Waals surface area contributed by atoms with Crippen molar-refractivity contribution in [2.24, 2.45) is 0 Å². The highest BCUT2D eigenvalue weighted by Gasteiger charge is 2.13. The summed E-state index contributed by atoms with van der Waals surface area (Å²) in [5.41, 5.74) is 6.22. The zero-order valence-electron chi connectivity index (χ0n) is 13.6. The minimum atomic E-state index is -0.587. The SMILES string of the molecule is COc1ccc(-c2cc(C(=O)NNC(=O)c3cc(Cl)ccn3)[nH]n2)cc1. The summed E-state index contributed by atoms with van der Waals surface area (Å²) in [6.07, 6.45) is 1.40. The highest BCUT2D eigenvalue weighted by Crippen LogP contribution is 2.21. The molecule has 1 aromatic carbocycles. The van der Waals surface area contributed by atoms with Gasteiger partial charge in [0.25, 0.3) is 11.8 Å². The Morgan fingerprint density at radius 1 is 1.08 bits per heavy atom. The third kappa shape index (κ3) is 3.98. The Hall–Kier alpha value is -3.39. The summed E-state index contributed by atoms with van der Waals surface area (Å²) in [6, 6.07) is 11.7. The van der Waals surface area contributed by atoms with E-state index < -0.39 is 11.8 Å². The number of methoxy groups -OCH3 is 1. The molecule has 0 saturated carbocycles. The Bertz CT molecular complexity index is 940. The maximum Gasteiger partial charge on any atom is 0.288 e. The number of nitrogens with one attached hydrogen (secondary N) is 3. The van der Waals surface area contributed by atoms with Gasteiger partial charge in [-0.1, -0.05) is 11.6 Å². The van der Waals surface area contributed by atoms with Gasteiger partial charge < -0.3 is 4.74 Å². The molecule has 0 saturated heterocycles. The predicted octanol–water partition coefficient (Wildman–Crippen LogP) is 2.21. The van der Waals surface area contributed by atoms with Crippen molar-refractivity contribution in [3.05, 3.63) is 65.1 Å². The van der Waals surface area contributed by atoms with Gasteiger partial charge in [-0.2, -0.15) is 5.10 Å². The molecular formula is C17H14ClN5O3. The summed E-state index contributed by atoms with van der Waals surface area (Å²) < 4.78 is 5.10. The Balaban J connectivity index is 1.63. The second kappa shape index (κ2) is 7.66. The van der Waals surface area contributed by atoms with Crippen molar-refractivity contribution in [1.82, 2.24) is 26.0 Å². The molecular weight excluding hydrogens is 358 g/mol. The van der Waals surface area contributed by atoms with Crippen LogP contribution in [0, 0.1) is 0 Å². The number of ether oxygens (including phenoxy) is 1. The number of hydrogen-bond donors (Lipinski definition) is 3. The number of benzene rings is 1. The van der Waals surface area contributed by atoms with E-state index in [1.165, 1.54) is 12.3 Å². The summed E-state index contributed by atoms with van der Waals surface area (Å²) in [4.78, 5) is 27.9. The van der Waals surface area contributed by atoms with E-state index in [2.05, 4.69) is 26.0 Å². The minimum absolute atomic E-state index is 0.0846. The normalized spacial score (nSPS) is 10.2. The van der Waals surface area contributed by atoms with Crippen LogP contribution in [-0.2, 0) is 0 Å². The molecule has 26 heavy (non-hydrogen) atoms. The minimum Gasteiger partial charge on any atom is -0.497 e. The van der Waals surface area contributed by atoms with E-state index in [9.17, 15) is 9.59 Å². The molecule has 2 heterocycles. The monoisotopic (exact) mass is 371 g/mol. The third-order valence-electron chi connectivity index (χ3n) is 3.45. The van der Waals surface area contributed by atoms with Gasteiger partial charge in [0, 0.05) is 16.8 Å². The van der Waals surface area contributed by atoms with Crippen molar-refractivity contribution in [3.63, 3.8) is 0 Å². The molecule has 0 radical (unpaired) electrons. The summed E-state index contributed by atoms with van der Waals surface area (Å²) in [5.74, 6) is -0.414. The van der Waals surface area contributed by atoms with Gasteiger partial charge in [0.2, 0.25) is 0 Å². The first-order valence-electron chi connectivity index (χ1n) is 7.49. The molecule has 0 aliphatic heterocycles. The molecule has 0 atom stereocenters. The fourth-order valence-electron chi connectivity index (χ4n) is 2.12. The van der Waals surface area contributed by atoms with Gasteiger partial charge in [-0.3, -0.25) is 30.5 Å². The molecule has 0 unspecified atom stereocenters. The van der Waals surface area contributed by atoms with Crippen LogP contribution in [0.5, 0.6) is 5.75 Å². The molecule has 9 heteroatoms. The van der Waals surface area contributed by atoms with E-state index in [-0.39, 0.29) is 11.4 Å². The first kappa shape index (κ1) is 17.4. The van der Waals surface area contributed by atoms with Crippen LogP contribution in [-0.4, -0.2) is 34.1 Å². The second-order valence-corrected chi connectivity index (χ2v) is 5.60. The topological polar surface area (TPSA) is 109 Å². The molecule has 0 bridgehead atoms.